The molecular weight excluding hydrogens is 214 g/mol. The third-order valence-corrected chi connectivity index (χ3v) is 1.83. The lowest BCUT2D eigenvalue weighted by Crippen LogP contribution is -1.87. The second-order valence-electron chi connectivity index (χ2n) is 2.54. The predicted molar refractivity (Wildman–Crippen MR) is 58.9 cm³/mol. The maximum absolute atomic E-state index is 8.05. The number of hydrogen-bond acceptors (Lipinski definition) is 2. The Labute approximate surface area is 92.4 Å². The van der Waals surface area contributed by atoms with Crippen LogP contribution < -0.4 is 4.74 Å². The topological polar surface area (TPSA) is 58.0 Å². The van der Waals surface area contributed by atoms with Crippen molar-refractivity contribution in [2.75, 3.05) is 13.7 Å². The standard InChI is InChI=1S/C10H8ClN3O/c1-15-10-5-4-9(11)7-8(10)3-2-6-13-14-12/h4-5,7H,6H2,1H3. The van der Waals surface area contributed by atoms with Gasteiger partial charge in [-0.3, -0.25) is 0 Å². The lowest BCUT2D eigenvalue weighted by atomic mass is 10.2. The maximum atomic E-state index is 8.05. The number of nitrogens with zero attached hydrogens (tertiary/aromatic N) is 3. The van der Waals surface area contributed by atoms with Gasteiger partial charge in [0.1, 0.15) is 5.75 Å². The Hall–Kier alpha value is -1.82. The minimum absolute atomic E-state index is 0.131. The average molecular weight is 222 g/mol. The molecule has 0 aromatic heterocycles. The van der Waals surface area contributed by atoms with E-state index in [9.17, 15) is 0 Å². The maximum Gasteiger partial charge on any atom is 0.134 e. The van der Waals surface area contributed by atoms with Crippen molar-refractivity contribution in [3.8, 4) is 17.6 Å². The van der Waals surface area contributed by atoms with Crippen LogP contribution in [0.1, 0.15) is 5.56 Å². The van der Waals surface area contributed by atoms with Crippen LogP contribution in [0.5, 0.6) is 5.75 Å². The molecule has 0 aliphatic rings. The van der Waals surface area contributed by atoms with Crippen LogP contribution in [0.15, 0.2) is 23.3 Å². The highest BCUT2D eigenvalue weighted by Gasteiger charge is 1.99. The summed E-state index contributed by atoms with van der Waals surface area (Å²) in [6, 6.07) is 5.16. The monoisotopic (exact) mass is 221 g/mol. The van der Waals surface area contributed by atoms with E-state index in [4.69, 9.17) is 21.9 Å². The van der Waals surface area contributed by atoms with E-state index in [1.54, 1.807) is 25.3 Å². The van der Waals surface area contributed by atoms with Crippen LogP contribution in [0.3, 0.4) is 0 Å². The second kappa shape index (κ2) is 5.82. The van der Waals surface area contributed by atoms with E-state index >= 15 is 0 Å². The fraction of sp³-hybridized carbons (Fsp3) is 0.200. The van der Waals surface area contributed by atoms with Crippen LogP contribution in [0.4, 0.5) is 0 Å². The largest absolute Gasteiger partial charge is 0.495 e. The summed E-state index contributed by atoms with van der Waals surface area (Å²) in [4.78, 5) is 2.59. The van der Waals surface area contributed by atoms with Gasteiger partial charge in [0.2, 0.25) is 0 Å². The van der Waals surface area contributed by atoms with Crippen molar-refractivity contribution < 1.29 is 4.74 Å². The van der Waals surface area contributed by atoms with Crippen molar-refractivity contribution >= 4 is 11.6 Å². The van der Waals surface area contributed by atoms with Crippen molar-refractivity contribution in [1.82, 2.24) is 0 Å². The summed E-state index contributed by atoms with van der Waals surface area (Å²) in [6.07, 6.45) is 0. The zero-order valence-electron chi connectivity index (χ0n) is 8.07. The summed E-state index contributed by atoms with van der Waals surface area (Å²) in [7, 11) is 1.56. The summed E-state index contributed by atoms with van der Waals surface area (Å²) in [5, 5.41) is 3.88. The molecule has 5 heteroatoms. The Morgan fingerprint density at radius 2 is 2.40 bits per heavy atom. The van der Waals surface area contributed by atoms with Crippen molar-refractivity contribution in [2.24, 2.45) is 5.11 Å². The van der Waals surface area contributed by atoms with Gasteiger partial charge < -0.3 is 4.74 Å². The molecule has 0 radical (unpaired) electrons. The van der Waals surface area contributed by atoms with Crippen LogP contribution in [-0.4, -0.2) is 13.7 Å². The first-order chi connectivity index (χ1) is 7.27. The van der Waals surface area contributed by atoms with Crippen molar-refractivity contribution in [3.63, 3.8) is 0 Å². The van der Waals surface area contributed by atoms with E-state index in [2.05, 4.69) is 21.9 Å². The van der Waals surface area contributed by atoms with Crippen LogP contribution in [-0.2, 0) is 0 Å². The van der Waals surface area contributed by atoms with Gasteiger partial charge in [0.15, 0.2) is 0 Å². The molecule has 1 aromatic rings. The predicted octanol–water partition coefficient (Wildman–Crippen LogP) is 3.01. The molecule has 0 bridgehead atoms. The Morgan fingerprint density at radius 3 is 3.07 bits per heavy atom. The summed E-state index contributed by atoms with van der Waals surface area (Å²) in [5.74, 6) is 6.16. The quantitative estimate of drug-likeness (QED) is 0.328. The Morgan fingerprint density at radius 1 is 1.60 bits per heavy atom. The van der Waals surface area contributed by atoms with E-state index in [1.807, 2.05) is 0 Å². The Bertz CT molecular complexity index is 455. The number of azide groups is 1. The smallest absolute Gasteiger partial charge is 0.134 e. The van der Waals surface area contributed by atoms with Gasteiger partial charge in [0.05, 0.1) is 19.2 Å². The summed E-state index contributed by atoms with van der Waals surface area (Å²) >= 11 is 5.81. The highest BCUT2D eigenvalue weighted by molar-refractivity contribution is 6.30. The lowest BCUT2D eigenvalue weighted by Gasteiger charge is -2.02. The summed E-state index contributed by atoms with van der Waals surface area (Å²) < 4.78 is 5.09. The number of rotatable bonds is 2. The number of hydrogen-bond donors (Lipinski definition) is 0. The molecule has 0 amide bonds. The number of halogens is 1. The zero-order chi connectivity index (χ0) is 11.1. The van der Waals surface area contributed by atoms with Gasteiger partial charge in [-0.15, -0.1) is 0 Å². The first-order valence-electron chi connectivity index (χ1n) is 4.11. The lowest BCUT2D eigenvalue weighted by molar-refractivity contribution is 0.413. The van der Waals surface area contributed by atoms with Crippen LogP contribution in [0.25, 0.3) is 10.4 Å². The fourth-order valence-electron chi connectivity index (χ4n) is 0.980. The van der Waals surface area contributed by atoms with Gasteiger partial charge in [-0.25, -0.2) is 0 Å². The third-order valence-electron chi connectivity index (χ3n) is 1.60. The van der Waals surface area contributed by atoms with Gasteiger partial charge in [-0.1, -0.05) is 28.6 Å². The minimum Gasteiger partial charge on any atom is -0.495 e. The van der Waals surface area contributed by atoms with Crippen molar-refractivity contribution in [2.45, 2.75) is 0 Å². The van der Waals surface area contributed by atoms with Crippen LogP contribution >= 0.6 is 11.6 Å². The number of methoxy groups -OCH3 is 1. The molecule has 76 valence electrons. The van der Waals surface area contributed by atoms with Crippen LogP contribution in [0, 0.1) is 11.8 Å². The Balaban J connectivity index is 2.94. The first-order valence-corrected chi connectivity index (χ1v) is 4.49. The molecule has 0 saturated carbocycles. The normalized spacial score (nSPS) is 8.40. The van der Waals surface area contributed by atoms with Gasteiger partial charge in [0, 0.05) is 9.93 Å². The van der Waals surface area contributed by atoms with Crippen LogP contribution in [0.2, 0.25) is 5.02 Å². The van der Waals surface area contributed by atoms with E-state index < -0.39 is 0 Å². The SMILES string of the molecule is COc1ccc(Cl)cc1C#CCN=[N+]=[N-]. The molecule has 0 spiro atoms. The van der Waals surface area contributed by atoms with E-state index in [1.165, 1.54) is 0 Å². The molecule has 1 rings (SSSR count). The number of benzene rings is 1. The highest BCUT2D eigenvalue weighted by Crippen LogP contribution is 2.21. The van der Waals surface area contributed by atoms with Crippen molar-refractivity contribution in [1.29, 1.82) is 0 Å². The zero-order valence-corrected chi connectivity index (χ0v) is 8.82. The van der Waals surface area contributed by atoms with E-state index in [-0.39, 0.29) is 6.54 Å². The molecule has 15 heavy (non-hydrogen) atoms. The number of ether oxygens (including phenoxy) is 1. The molecule has 0 atom stereocenters. The summed E-state index contributed by atoms with van der Waals surface area (Å²) in [5.41, 5.74) is 8.73. The van der Waals surface area contributed by atoms with Gasteiger partial charge >= 0.3 is 0 Å². The van der Waals surface area contributed by atoms with Gasteiger partial charge in [0.25, 0.3) is 0 Å². The van der Waals surface area contributed by atoms with E-state index in [0.717, 1.165) is 0 Å². The molecule has 0 heterocycles. The summed E-state index contributed by atoms with van der Waals surface area (Å²) in [6.45, 7) is 0.131. The second-order valence-corrected chi connectivity index (χ2v) is 2.97. The molecule has 0 aliphatic heterocycles. The average Bonchev–Trinajstić information content (AvgIpc) is 2.25. The first kappa shape index (κ1) is 11.3. The molecule has 0 N–H and O–H groups in total. The molecule has 4 nitrogen and oxygen atoms in total. The van der Waals surface area contributed by atoms with E-state index in [0.29, 0.717) is 16.3 Å². The fourth-order valence-corrected chi connectivity index (χ4v) is 1.15. The highest BCUT2D eigenvalue weighted by atomic mass is 35.5. The molecule has 0 unspecified atom stereocenters. The van der Waals surface area contributed by atoms with Gasteiger partial charge in [-0.05, 0) is 23.7 Å². The molecule has 0 saturated heterocycles. The third kappa shape index (κ3) is 3.43. The molecule has 0 aliphatic carbocycles. The minimum atomic E-state index is 0.131. The van der Waals surface area contributed by atoms with Gasteiger partial charge in [-0.2, -0.15) is 0 Å². The molecule has 1 aromatic carbocycles. The molecular formula is C10H8ClN3O. The van der Waals surface area contributed by atoms with Crippen molar-refractivity contribution in [3.05, 3.63) is 39.2 Å². The Kier molecular flexibility index (Phi) is 4.36. The molecule has 0 fully saturated rings.